The molecule has 1 saturated heterocycles. The molecular weight excluding hydrogens is 328 g/mol. The van der Waals surface area contributed by atoms with E-state index < -0.39 is 0 Å². The zero-order valence-corrected chi connectivity index (χ0v) is 14.1. The standard InChI is InChI=1S/C15H20BrClO2/c1-14(2)8-13(15(3,4)19-14)18-12-6-5-11(17)7-10(12)9-16/h5-7,13H,8-9H2,1-4H3. The third-order valence-electron chi connectivity index (χ3n) is 3.43. The minimum atomic E-state index is -0.285. The highest BCUT2D eigenvalue weighted by Gasteiger charge is 2.47. The van der Waals surface area contributed by atoms with E-state index >= 15 is 0 Å². The predicted octanol–water partition coefficient (Wildman–Crippen LogP) is 4.96. The summed E-state index contributed by atoms with van der Waals surface area (Å²) in [5.74, 6) is 0.876. The molecule has 19 heavy (non-hydrogen) atoms. The summed E-state index contributed by atoms with van der Waals surface area (Å²) in [5, 5.41) is 1.45. The second-order valence-electron chi connectivity index (χ2n) is 6.16. The van der Waals surface area contributed by atoms with Gasteiger partial charge in [-0.3, -0.25) is 0 Å². The van der Waals surface area contributed by atoms with Crippen LogP contribution in [0.1, 0.15) is 39.7 Å². The van der Waals surface area contributed by atoms with Crippen LogP contribution in [0.3, 0.4) is 0 Å². The van der Waals surface area contributed by atoms with Gasteiger partial charge in [-0.05, 0) is 45.9 Å². The minimum absolute atomic E-state index is 0.0430. The van der Waals surface area contributed by atoms with Crippen molar-refractivity contribution in [1.82, 2.24) is 0 Å². The number of halogens is 2. The number of alkyl halides is 1. The van der Waals surface area contributed by atoms with Crippen molar-refractivity contribution < 1.29 is 9.47 Å². The van der Waals surface area contributed by atoms with E-state index in [-0.39, 0.29) is 17.3 Å². The van der Waals surface area contributed by atoms with Crippen LogP contribution < -0.4 is 4.74 Å². The number of benzene rings is 1. The quantitative estimate of drug-likeness (QED) is 0.719. The van der Waals surface area contributed by atoms with Crippen LogP contribution >= 0.6 is 27.5 Å². The molecule has 0 aliphatic carbocycles. The SMILES string of the molecule is CC1(C)CC(Oc2ccc(Cl)cc2CBr)C(C)(C)O1. The largest absolute Gasteiger partial charge is 0.487 e. The molecule has 1 atom stereocenters. The fourth-order valence-corrected chi connectivity index (χ4v) is 3.25. The maximum atomic E-state index is 6.19. The van der Waals surface area contributed by atoms with E-state index in [0.29, 0.717) is 0 Å². The van der Waals surface area contributed by atoms with Gasteiger partial charge in [0.2, 0.25) is 0 Å². The molecule has 2 nitrogen and oxygen atoms in total. The molecule has 1 fully saturated rings. The normalized spacial score (nSPS) is 24.4. The summed E-state index contributed by atoms with van der Waals surface area (Å²) in [4.78, 5) is 0. The van der Waals surface area contributed by atoms with Crippen molar-refractivity contribution in [3.63, 3.8) is 0 Å². The Bertz CT molecular complexity index is 471. The molecule has 0 spiro atoms. The van der Waals surface area contributed by atoms with Gasteiger partial charge in [-0.1, -0.05) is 27.5 Å². The molecule has 1 unspecified atom stereocenters. The zero-order chi connectivity index (χ0) is 14.3. The minimum Gasteiger partial charge on any atom is -0.487 e. The Morgan fingerprint density at radius 1 is 1.37 bits per heavy atom. The summed E-state index contributed by atoms with van der Waals surface area (Å²) in [5.41, 5.74) is 0.634. The maximum Gasteiger partial charge on any atom is 0.130 e. The average molecular weight is 348 g/mol. The Morgan fingerprint density at radius 3 is 2.58 bits per heavy atom. The van der Waals surface area contributed by atoms with Crippen molar-refractivity contribution in [1.29, 1.82) is 0 Å². The van der Waals surface area contributed by atoms with Crippen LogP contribution in [0.4, 0.5) is 0 Å². The van der Waals surface area contributed by atoms with Crippen LogP contribution in [0.5, 0.6) is 5.75 Å². The Labute approximate surface area is 128 Å². The lowest BCUT2D eigenvalue weighted by molar-refractivity contribution is -0.0846. The number of rotatable bonds is 3. The molecule has 0 saturated carbocycles. The monoisotopic (exact) mass is 346 g/mol. The summed E-state index contributed by atoms with van der Waals surface area (Å²) in [6.45, 7) is 8.36. The van der Waals surface area contributed by atoms with Gasteiger partial charge in [-0.2, -0.15) is 0 Å². The van der Waals surface area contributed by atoms with Gasteiger partial charge in [0.05, 0.1) is 5.60 Å². The smallest absolute Gasteiger partial charge is 0.130 e. The molecule has 2 rings (SSSR count). The van der Waals surface area contributed by atoms with Crippen molar-refractivity contribution in [2.24, 2.45) is 0 Å². The first-order valence-electron chi connectivity index (χ1n) is 6.45. The summed E-state index contributed by atoms with van der Waals surface area (Å²) >= 11 is 9.49. The van der Waals surface area contributed by atoms with Gasteiger partial charge >= 0.3 is 0 Å². The highest BCUT2D eigenvalue weighted by Crippen LogP contribution is 2.40. The van der Waals surface area contributed by atoms with Crippen LogP contribution in [0, 0.1) is 0 Å². The summed E-state index contributed by atoms with van der Waals surface area (Å²) in [6, 6.07) is 5.72. The van der Waals surface area contributed by atoms with Gasteiger partial charge in [-0.25, -0.2) is 0 Å². The topological polar surface area (TPSA) is 18.5 Å². The molecule has 106 valence electrons. The first-order valence-corrected chi connectivity index (χ1v) is 7.95. The van der Waals surface area contributed by atoms with E-state index in [9.17, 15) is 0 Å². The van der Waals surface area contributed by atoms with Crippen molar-refractivity contribution in [2.45, 2.75) is 56.8 Å². The third kappa shape index (κ3) is 3.45. The molecule has 0 amide bonds. The number of ether oxygens (including phenoxy) is 2. The molecule has 0 N–H and O–H groups in total. The predicted molar refractivity (Wildman–Crippen MR) is 82.4 cm³/mol. The molecule has 1 aliphatic rings. The Kier molecular flexibility index (Phi) is 4.20. The summed E-state index contributed by atoms with van der Waals surface area (Å²) in [7, 11) is 0. The van der Waals surface area contributed by atoms with Crippen LogP contribution in [-0.4, -0.2) is 17.3 Å². The van der Waals surface area contributed by atoms with Gasteiger partial charge < -0.3 is 9.47 Å². The van der Waals surface area contributed by atoms with E-state index in [2.05, 4.69) is 43.6 Å². The Morgan fingerprint density at radius 2 is 2.05 bits per heavy atom. The number of hydrogen-bond donors (Lipinski definition) is 0. The summed E-state index contributed by atoms with van der Waals surface area (Å²) < 4.78 is 12.2. The second-order valence-corrected chi connectivity index (χ2v) is 7.16. The molecule has 0 bridgehead atoms. The maximum absolute atomic E-state index is 6.19. The molecule has 1 aromatic carbocycles. The lowest BCUT2D eigenvalue weighted by atomic mass is 9.97. The fourth-order valence-electron chi connectivity index (χ4n) is 2.62. The van der Waals surface area contributed by atoms with Gasteiger partial charge in [0, 0.05) is 22.3 Å². The molecule has 1 aromatic rings. The van der Waals surface area contributed by atoms with Gasteiger partial charge in [-0.15, -0.1) is 0 Å². The van der Waals surface area contributed by atoms with Crippen LogP contribution in [0.2, 0.25) is 5.02 Å². The second kappa shape index (κ2) is 5.27. The lowest BCUT2D eigenvalue weighted by Crippen LogP contribution is -2.36. The van der Waals surface area contributed by atoms with E-state index in [1.54, 1.807) is 0 Å². The highest BCUT2D eigenvalue weighted by atomic mass is 79.9. The van der Waals surface area contributed by atoms with E-state index in [1.165, 1.54) is 0 Å². The van der Waals surface area contributed by atoms with Crippen molar-refractivity contribution in [3.8, 4) is 5.75 Å². The lowest BCUT2D eigenvalue weighted by Gasteiger charge is -2.28. The first kappa shape index (κ1) is 15.1. The fraction of sp³-hybridized carbons (Fsp3) is 0.600. The van der Waals surface area contributed by atoms with Crippen molar-refractivity contribution in [2.75, 3.05) is 0 Å². The van der Waals surface area contributed by atoms with Gasteiger partial charge in [0.1, 0.15) is 17.5 Å². The van der Waals surface area contributed by atoms with E-state index in [4.69, 9.17) is 21.1 Å². The van der Waals surface area contributed by atoms with E-state index in [1.807, 2.05) is 18.2 Å². The number of hydrogen-bond acceptors (Lipinski definition) is 2. The zero-order valence-electron chi connectivity index (χ0n) is 11.8. The molecular formula is C15H20BrClO2. The van der Waals surface area contributed by atoms with Gasteiger partial charge in [0.15, 0.2) is 0 Å². The molecule has 4 heteroatoms. The van der Waals surface area contributed by atoms with Crippen LogP contribution in [0.15, 0.2) is 18.2 Å². The third-order valence-corrected chi connectivity index (χ3v) is 4.27. The summed E-state index contributed by atoms with van der Waals surface area (Å²) in [6.07, 6.45) is 0.922. The Balaban J connectivity index is 2.22. The van der Waals surface area contributed by atoms with Gasteiger partial charge in [0.25, 0.3) is 0 Å². The first-order chi connectivity index (χ1) is 8.73. The molecule has 0 aromatic heterocycles. The Hall–Kier alpha value is -0.250. The van der Waals surface area contributed by atoms with E-state index in [0.717, 1.165) is 28.1 Å². The molecule has 1 aliphatic heterocycles. The van der Waals surface area contributed by atoms with Crippen LogP contribution in [-0.2, 0) is 10.1 Å². The molecule has 1 heterocycles. The van der Waals surface area contributed by atoms with Crippen LogP contribution in [0.25, 0.3) is 0 Å². The highest BCUT2D eigenvalue weighted by molar-refractivity contribution is 9.08. The molecule has 0 radical (unpaired) electrons. The van der Waals surface area contributed by atoms with Crippen molar-refractivity contribution in [3.05, 3.63) is 28.8 Å². The average Bonchev–Trinajstić information content (AvgIpc) is 2.49. The van der Waals surface area contributed by atoms with Crippen molar-refractivity contribution >= 4 is 27.5 Å².